The molecule has 2 heterocycles. The number of aliphatic hydroxyl groups is 1. The van der Waals surface area contributed by atoms with Gasteiger partial charge in [-0.05, 0) is 24.8 Å². The average molecular weight is 372 g/mol. The van der Waals surface area contributed by atoms with Crippen LogP contribution in [-0.2, 0) is 9.53 Å². The van der Waals surface area contributed by atoms with Gasteiger partial charge in [-0.15, -0.1) is 0 Å². The standard InChI is InChI=1S/C20H28N4O3/c1-27-19(16-6-3-2-4-7-16)20(26)22-18-8-11-21-24(18)17-9-13-23(14-10-17)12-5-15-25/h2-4,6-8,11,17,19,25H,5,9-10,12-15H2,1H3,(H,22,26)/t19-/m0/s1. The minimum absolute atomic E-state index is 0.203. The van der Waals surface area contributed by atoms with E-state index in [1.807, 2.05) is 41.1 Å². The Hall–Kier alpha value is -2.22. The molecule has 0 saturated carbocycles. The average Bonchev–Trinajstić information content (AvgIpc) is 3.16. The Morgan fingerprint density at radius 2 is 2.04 bits per heavy atom. The van der Waals surface area contributed by atoms with Gasteiger partial charge in [-0.25, -0.2) is 4.68 Å². The fourth-order valence-corrected chi connectivity index (χ4v) is 3.60. The van der Waals surface area contributed by atoms with Gasteiger partial charge in [-0.1, -0.05) is 30.3 Å². The number of hydrogen-bond acceptors (Lipinski definition) is 5. The summed E-state index contributed by atoms with van der Waals surface area (Å²) in [6, 6.07) is 11.6. The number of aliphatic hydroxyl groups excluding tert-OH is 1. The topological polar surface area (TPSA) is 79.6 Å². The molecule has 2 aromatic rings. The first-order valence-electron chi connectivity index (χ1n) is 9.48. The van der Waals surface area contributed by atoms with Crippen LogP contribution in [0, 0.1) is 0 Å². The number of amides is 1. The number of carbonyl (C=O) groups is 1. The van der Waals surface area contributed by atoms with E-state index in [1.165, 1.54) is 7.11 Å². The van der Waals surface area contributed by atoms with Gasteiger partial charge >= 0.3 is 0 Å². The highest BCUT2D eigenvalue weighted by molar-refractivity contribution is 5.94. The summed E-state index contributed by atoms with van der Waals surface area (Å²) in [6.45, 7) is 3.11. The van der Waals surface area contributed by atoms with Gasteiger partial charge in [-0.2, -0.15) is 5.10 Å². The van der Waals surface area contributed by atoms with Crippen molar-refractivity contribution in [3.05, 3.63) is 48.2 Å². The van der Waals surface area contributed by atoms with Crippen molar-refractivity contribution < 1.29 is 14.6 Å². The third-order valence-corrected chi connectivity index (χ3v) is 5.03. The first-order valence-corrected chi connectivity index (χ1v) is 9.48. The molecule has 1 atom stereocenters. The van der Waals surface area contributed by atoms with E-state index in [9.17, 15) is 4.79 Å². The molecule has 0 radical (unpaired) electrons. The molecule has 0 aliphatic carbocycles. The van der Waals surface area contributed by atoms with Gasteiger partial charge in [0.15, 0.2) is 6.10 Å². The van der Waals surface area contributed by atoms with Crippen LogP contribution in [0.25, 0.3) is 0 Å². The molecule has 1 aromatic heterocycles. The molecule has 27 heavy (non-hydrogen) atoms. The van der Waals surface area contributed by atoms with Gasteiger partial charge in [0, 0.05) is 39.4 Å². The molecule has 1 fully saturated rings. The maximum atomic E-state index is 12.7. The minimum Gasteiger partial charge on any atom is -0.396 e. The van der Waals surface area contributed by atoms with Crippen LogP contribution in [0.3, 0.4) is 0 Å². The van der Waals surface area contributed by atoms with Crippen LogP contribution in [0.5, 0.6) is 0 Å². The second-order valence-electron chi connectivity index (χ2n) is 6.83. The van der Waals surface area contributed by atoms with E-state index in [-0.39, 0.29) is 18.6 Å². The lowest BCUT2D eigenvalue weighted by Gasteiger charge is -2.32. The zero-order chi connectivity index (χ0) is 19.1. The molecule has 0 bridgehead atoms. The molecule has 7 heteroatoms. The van der Waals surface area contributed by atoms with Crippen molar-refractivity contribution in [3.8, 4) is 0 Å². The zero-order valence-corrected chi connectivity index (χ0v) is 15.8. The molecule has 3 rings (SSSR count). The van der Waals surface area contributed by atoms with Gasteiger partial charge in [0.1, 0.15) is 5.82 Å². The van der Waals surface area contributed by atoms with E-state index < -0.39 is 6.10 Å². The number of anilines is 1. The van der Waals surface area contributed by atoms with Crippen molar-refractivity contribution in [2.75, 3.05) is 38.7 Å². The number of likely N-dealkylation sites (tertiary alicyclic amines) is 1. The zero-order valence-electron chi connectivity index (χ0n) is 15.8. The highest BCUT2D eigenvalue weighted by Gasteiger charge is 2.25. The molecule has 0 unspecified atom stereocenters. The lowest BCUT2D eigenvalue weighted by atomic mass is 10.0. The number of methoxy groups -OCH3 is 1. The highest BCUT2D eigenvalue weighted by atomic mass is 16.5. The highest BCUT2D eigenvalue weighted by Crippen LogP contribution is 2.26. The van der Waals surface area contributed by atoms with Gasteiger partial charge in [0.05, 0.1) is 12.2 Å². The van der Waals surface area contributed by atoms with Crippen molar-refractivity contribution >= 4 is 11.7 Å². The Morgan fingerprint density at radius 3 is 2.70 bits per heavy atom. The van der Waals surface area contributed by atoms with Crippen molar-refractivity contribution in [3.63, 3.8) is 0 Å². The van der Waals surface area contributed by atoms with E-state index in [0.717, 1.165) is 44.5 Å². The van der Waals surface area contributed by atoms with Crippen molar-refractivity contribution in [1.82, 2.24) is 14.7 Å². The fourth-order valence-electron chi connectivity index (χ4n) is 3.60. The van der Waals surface area contributed by atoms with Crippen molar-refractivity contribution in [2.45, 2.75) is 31.4 Å². The number of rotatable bonds is 8. The molecule has 1 aromatic carbocycles. The number of nitrogens with one attached hydrogen (secondary N) is 1. The van der Waals surface area contributed by atoms with Crippen LogP contribution in [0.2, 0.25) is 0 Å². The summed E-state index contributed by atoms with van der Waals surface area (Å²) in [7, 11) is 1.54. The normalized spacial score (nSPS) is 17.0. The largest absolute Gasteiger partial charge is 0.396 e. The molecular formula is C20H28N4O3. The molecule has 146 valence electrons. The van der Waals surface area contributed by atoms with Crippen LogP contribution >= 0.6 is 0 Å². The Bertz CT molecular complexity index is 711. The summed E-state index contributed by atoms with van der Waals surface area (Å²) in [5, 5.41) is 16.4. The number of aromatic nitrogens is 2. The minimum atomic E-state index is -0.658. The maximum Gasteiger partial charge on any atom is 0.259 e. The van der Waals surface area contributed by atoms with Gasteiger partial charge in [0.2, 0.25) is 0 Å². The van der Waals surface area contributed by atoms with E-state index in [0.29, 0.717) is 5.82 Å². The second-order valence-corrected chi connectivity index (χ2v) is 6.83. The Labute approximate surface area is 159 Å². The van der Waals surface area contributed by atoms with Crippen LogP contribution < -0.4 is 5.32 Å². The van der Waals surface area contributed by atoms with Crippen molar-refractivity contribution in [2.24, 2.45) is 0 Å². The Morgan fingerprint density at radius 1 is 1.30 bits per heavy atom. The summed E-state index contributed by atoms with van der Waals surface area (Å²) in [5.41, 5.74) is 0.820. The monoisotopic (exact) mass is 372 g/mol. The van der Waals surface area contributed by atoms with Crippen LogP contribution in [0.1, 0.15) is 37.0 Å². The van der Waals surface area contributed by atoms with Gasteiger partial charge in [0.25, 0.3) is 5.91 Å². The summed E-state index contributed by atoms with van der Waals surface area (Å²) in [5.74, 6) is 0.498. The molecule has 1 aliphatic rings. The van der Waals surface area contributed by atoms with Gasteiger partial charge < -0.3 is 20.1 Å². The second kappa shape index (κ2) is 9.64. The molecule has 1 aliphatic heterocycles. The number of ether oxygens (including phenoxy) is 1. The van der Waals surface area contributed by atoms with Crippen molar-refractivity contribution in [1.29, 1.82) is 0 Å². The number of hydrogen-bond donors (Lipinski definition) is 2. The number of benzene rings is 1. The smallest absolute Gasteiger partial charge is 0.259 e. The molecule has 1 amide bonds. The van der Waals surface area contributed by atoms with Crippen LogP contribution in [-0.4, -0.2) is 59.0 Å². The summed E-state index contributed by atoms with van der Waals surface area (Å²) in [6.07, 6.45) is 3.82. The third kappa shape index (κ3) is 4.94. The fraction of sp³-hybridized carbons (Fsp3) is 0.500. The number of nitrogens with zero attached hydrogens (tertiary/aromatic N) is 3. The van der Waals surface area contributed by atoms with E-state index in [4.69, 9.17) is 9.84 Å². The van der Waals surface area contributed by atoms with Crippen LogP contribution in [0.4, 0.5) is 5.82 Å². The first-order chi connectivity index (χ1) is 13.2. The molecule has 0 spiro atoms. The molecule has 2 N–H and O–H groups in total. The van der Waals surface area contributed by atoms with E-state index in [1.54, 1.807) is 6.20 Å². The first kappa shape index (κ1) is 19.5. The maximum absolute atomic E-state index is 12.7. The van der Waals surface area contributed by atoms with E-state index >= 15 is 0 Å². The van der Waals surface area contributed by atoms with Gasteiger partial charge in [-0.3, -0.25) is 4.79 Å². The number of piperidine rings is 1. The summed E-state index contributed by atoms with van der Waals surface area (Å²) >= 11 is 0. The quantitative estimate of drug-likeness (QED) is 0.743. The summed E-state index contributed by atoms with van der Waals surface area (Å²) in [4.78, 5) is 15.1. The summed E-state index contributed by atoms with van der Waals surface area (Å²) < 4.78 is 7.33. The third-order valence-electron chi connectivity index (χ3n) is 5.03. The Kier molecular flexibility index (Phi) is 6.98. The number of carbonyl (C=O) groups excluding carboxylic acids is 1. The predicted octanol–water partition coefficient (Wildman–Crippen LogP) is 2.23. The van der Waals surface area contributed by atoms with Crippen LogP contribution in [0.15, 0.2) is 42.6 Å². The molecule has 1 saturated heterocycles. The lowest BCUT2D eigenvalue weighted by Crippen LogP contribution is -2.36. The molecule has 7 nitrogen and oxygen atoms in total. The lowest BCUT2D eigenvalue weighted by molar-refractivity contribution is -0.126. The predicted molar refractivity (Wildman–Crippen MR) is 103 cm³/mol. The SMILES string of the molecule is CO[C@H](C(=O)Nc1ccnn1C1CCN(CCCO)CC1)c1ccccc1. The Balaban J connectivity index is 1.63. The molecular weight excluding hydrogens is 344 g/mol. The van der Waals surface area contributed by atoms with E-state index in [2.05, 4.69) is 15.3 Å².